The number of aromatic nitrogens is 1. The lowest BCUT2D eigenvalue weighted by atomic mass is 9.96. The van der Waals surface area contributed by atoms with Crippen molar-refractivity contribution in [1.82, 2.24) is 10.1 Å². The molecule has 122 valence electrons. The van der Waals surface area contributed by atoms with E-state index < -0.39 is 0 Å². The molecule has 0 spiro atoms. The second-order valence-electron chi connectivity index (χ2n) is 6.10. The highest BCUT2D eigenvalue weighted by molar-refractivity contribution is 7.99. The minimum atomic E-state index is 0.0596. The number of amides is 1. The lowest BCUT2D eigenvalue weighted by Gasteiger charge is -2.20. The Morgan fingerprint density at radius 3 is 3.09 bits per heavy atom. The van der Waals surface area contributed by atoms with Gasteiger partial charge in [-0.25, -0.2) is 0 Å². The summed E-state index contributed by atoms with van der Waals surface area (Å²) >= 11 is 3.77. The fourth-order valence-corrected chi connectivity index (χ4v) is 5.61. The van der Waals surface area contributed by atoms with Gasteiger partial charge in [0.2, 0.25) is 0 Å². The number of aryl methyl sites for hydroxylation is 1. The van der Waals surface area contributed by atoms with E-state index in [0.29, 0.717) is 10.9 Å². The van der Waals surface area contributed by atoms with Crippen LogP contribution in [0.1, 0.15) is 51.2 Å². The van der Waals surface area contributed by atoms with E-state index in [0.717, 1.165) is 62.3 Å². The number of hydrogen-bond donors (Lipinski definition) is 0. The summed E-state index contributed by atoms with van der Waals surface area (Å²) in [6.07, 6.45) is 5.13. The minimum absolute atomic E-state index is 0.0596. The molecule has 6 heteroatoms. The van der Waals surface area contributed by atoms with E-state index >= 15 is 0 Å². The molecule has 2 aromatic heterocycles. The Morgan fingerprint density at radius 2 is 2.22 bits per heavy atom. The SMILES string of the molecule is O=C(c1noc2c1CCCC2)N1CCS[C@H](c2cccs2)CC1. The average molecular weight is 348 g/mol. The van der Waals surface area contributed by atoms with Crippen LogP contribution in [-0.4, -0.2) is 34.8 Å². The normalized spacial score (nSPS) is 21.7. The highest BCUT2D eigenvalue weighted by Crippen LogP contribution is 2.37. The van der Waals surface area contributed by atoms with Crippen molar-refractivity contribution in [3.05, 3.63) is 39.4 Å². The number of fused-ring (bicyclic) bond motifs is 1. The largest absolute Gasteiger partial charge is 0.360 e. The molecule has 0 unspecified atom stereocenters. The number of carbonyl (C=O) groups excluding carboxylic acids is 1. The molecule has 2 aromatic rings. The van der Waals surface area contributed by atoms with E-state index in [1.54, 1.807) is 0 Å². The predicted octanol–water partition coefficient (Wildman–Crippen LogP) is 3.94. The fraction of sp³-hybridized carbons (Fsp3) is 0.529. The fourth-order valence-electron chi connectivity index (χ4n) is 3.38. The van der Waals surface area contributed by atoms with Crippen molar-refractivity contribution in [2.75, 3.05) is 18.8 Å². The summed E-state index contributed by atoms with van der Waals surface area (Å²) in [4.78, 5) is 16.3. The van der Waals surface area contributed by atoms with Crippen LogP contribution >= 0.6 is 23.1 Å². The first-order chi connectivity index (χ1) is 11.3. The summed E-state index contributed by atoms with van der Waals surface area (Å²) in [5.74, 6) is 1.97. The molecule has 1 atom stereocenters. The maximum absolute atomic E-state index is 12.9. The molecular formula is C17H20N2O2S2. The summed E-state index contributed by atoms with van der Waals surface area (Å²) in [5.41, 5.74) is 1.63. The summed E-state index contributed by atoms with van der Waals surface area (Å²) in [7, 11) is 0. The van der Waals surface area contributed by atoms with E-state index in [1.807, 2.05) is 28.0 Å². The third kappa shape index (κ3) is 3.06. The van der Waals surface area contributed by atoms with Crippen molar-refractivity contribution in [3.63, 3.8) is 0 Å². The van der Waals surface area contributed by atoms with Crippen LogP contribution in [-0.2, 0) is 12.8 Å². The zero-order valence-corrected chi connectivity index (χ0v) is 14.6. The van der Waals surface area contributed by atoms with E-state index in [9.17, 15) is 4.79 Å². The predicted molar refractivity (Wildman–Crippen MR) is 93.2 cm³/mol. The quantitative estimate of drug-likeness (QED) is 0.825. The standard InChI is InChI=1S/C17H20N2O2S2/c20-17(16-12-4-1-2-5-13(12)21-18-16)19-8-7-15(23-11-9-19)14-6-3-10-22-14/h3,6,10,15H,1-2,4-5,7-9,11H2/t15-/m0/s1. The topological polar surface area (TPSA) is 46.3 Å². The van der Waals surface area contributed by atoms with Crippen LogP contribution in [0.4, 0.5) is 0 Å². The maximum atomic E-state index is 12.9. The summed E-state index contributed by atoms with van der Waals surface area (Å²) in [6.45, 7) is 1.60. The molecule has 1 fully saturated rings. The number of hydrogen-bond acceptors (Lipinski definition) is 5. The highest BCUT2D eigenvalue weighted by Gasteiger charge is 2.29. The van der Waals surface area contributed by atoms with Crippen LogP contribution in [0.5, 0.6) is 0 Å². The zero-order chi connectivity index (χ0) is 15.6. The van der Waals surface area contributed by atoms with E-state index in [4.69, 9.17) is 4.52 Å². The molecule has 0 radical (unpaired) electrons. The van der Waals surface area contributed by atoms with Gasteiger partial charge in [0.05, 0.1) is 0 Å². The van der Waals surface area contributed by atoms with Gasteiger partial charge in [0, 0.05) is 41.0 Å². The van der Waals surface area contributed by atoms with Crippen LogP contribution in [0.25, 0.3) is 0 Å². The molecule has 4 nitrogen and oxygen atoms in total. The Bertz CT molecular complexity index is 681. The molecule has 0 bridgehead atoms. The van der Waals surface area contributed by atoms with E-state index in [2.05, 4.69) is 22.7 Å². The van der Waals surface area contributed by atoms with Gasteiger partial charge in [-0.05, 0) is 37.1 Å². The van der Waals surface area contributed by atoms with Crippen molar-refractivity contribution in [3.8, 4) is 0 Å². The second-order valence-corrected chi connectivity index (χ2v) is 8.39. The maximum Gasteiger partial charge on any atom is 0.276 e. The molecule has 1 amide bonds. The van der Waals surface area contributed by atoms with Crippen LogP contribution < -0.4 is 0 Å². The van der Waals surface area contributed by atoms with Crippen LogP contribution in [0.15, 0.2) is 22.0 Å². The van der Waals surface area contributed by atoms with E-state index in [-0.39, 0.29) is 5.91 Å². The summed E-state index contributed by atoms with van der Waals surface area (Å²) in [5, 5.41) is 6.74. The van der Waals surface area contributed by atoms with Crippen molar-refractivity contribution in [2.45, 2.75) is 37.4 Å². The molecule has 4 rings (SSSR count). The first-order valence-electron chi connectivity index (χ1n) is 8.24. The molecule has 1 aliphatic heterocycles. The van der Waals surface area contributed by atoms with Crippen molar-refractivity contribution < 1.29 is 9.32 Å². The lowest BCUT2D eigenvalue weighted by molar-refractivity contribution is 0.0755. The number of nitrogens with zero attached hydrogens (tertiary/aromatic N) is 2. The Balaban J connectivity index is 1.48. The van der Waals surface area contributed by atoms with Gasteiger partial charge in [0.1, 0.15) is 5.76 Å². The van der Waals surface area contributed by atoms with Gasteiger partial charge in [-0.2, -0.15) is 11.8 Å². The van der Waals surface area contributed by atoms with Gasteiger partial charge in [0.15, 0.2) is 5.69 Å². The van der Waals surface area contributed by atoms with Crippen LogP contribution in [0, 0.1) is 0 Å². The van der Waals surface area contributed by atoms with Crippen molar-refractivity contribution in [1.29, 1.82) is 0 Å². The van der Waals surface area contributed by atoms with Gasteiger partial charge in [-0.1, -0.05) is 11.2 Å². The molecule has 1 saturated heterocycles. The number of thioether (sulfide) groups is 1. The van der Waals surface area contributed by atoms with Crippen molar-refractivity contribution in [2.24, 2.45) is 0 Å². The van der Waals surface area contributed by atoms with Gasteiger partial charge < -0.3 is 9.42 Å². The molecule has 23 heavy (non-hydrogen) atoms. The third-order valence-electron chi connectivity index (χ3n) is 4.64. The monoisotopic (exact) mass is 348 g/mol. The Labute approximate surface area is 144 Å². The summed E-state index contributed by atoms with van der Waals surface area (Å²) in [6, 6.07) is 4.31. The zero-order valence-electron chi connectivity index (χ0n) is 13.0. The Hall–Kier alpha value is -1.27. The molecule has 0 N–H and O–H groups in total. The molecule has 0 saturated carbocycles. The lowest BCUT2D eigenvalue weighted by Crippen LogP contribution is -2.34. The number of carbonyl (C=O) groups is 1. The first kappa shape index (κ1) is 15.3. The number of thiophene rings is 1. The molecule has 3 heterocycles. The van der Waals surface area contributed by atoms with E-state index in [1.165, 1.54) is 4.88 Å². The van der Waals surface area contributed by atoms with Gasteiger partial charge >= 0.3 is 0 Å². The third-order valence-corrected chi connectivity index (χ3v) is 7.09. The molecular weight excluding hydrogens is 328 g/mol. The first-order valence-corrected chi connectivity index (χ1v) is 10.2. The van der Waals surface area contributed by atoms with Crippen molar-refractivity contribution >= 4 is 29.0 Å². The minimum Gasteiger partial charge on any atom is -0.360 e. The molecule has 1 aliphatic carbocycles. The van der Waals surface area contributed by atoms with Crippen LogP contribution in [0.2, 0.25) is 0 Å². The van der Waals surface area contributed by atoms with Gasteiger partial charge in [0.25, 0.3) is 5.91 Å². The Kier molecular flexibility index (Phi) is 4.44. The average Bonchev–Trinajstić information content (AvgIpc) is 3.19. The van der Waals surface area contributed by atoms with Crippen LogP contribution in [0.3, 0.4) is 0 Å². The number of rotatable bonds is 2. The van der Waals surface area contributed by atoms with Gasteiger partial charge in [-0.3, -0.25) is 4.79 Å². The summed E-state index contributed by atoms with van der Waals surface area (Å²) < 4.78 is 5.41. The Morgan fingerprint density at radius 1 is 1.30 bits per heavy atom. The van der Waals surface area contributed by atoms with Gasteiger partial charge in [-0.15, -0.1) is 11.3 Å². The smallest absolute Gasteiger partial charge is 0.276 e. The molecule has 0 aromatic carbocycles. The second kappa shape index (κ2) is 6.69. The molecule has 2 aliphatic rings. The highest BCUT2D eigenvalue weighted by atomic mass is 32.2.